The second-order valence-electron chi connectivity index (χ2n) is 7.78. The summed E-state index contributed by atoms with van der Waals surface area (Å²) in [5, 5.41) is 3.42. The Hall–Kier alpha value is -2.20. The molecule has 0 heterocycles. The van der Waals surface area contributed by atoms with E-state index in [0.717, 1.165) is 48.3 Å². The van der Waals surface area contributed by atoms with Crippen molar-refractivity contribution in [3.63, 3.8) is 0 Å². The van der Waals surface area contributed by atoms with Crippen LogP contribution >= 0.6 is 24.0 Å². The first kappa shape index (κ1) is 28.8. The third-order valence-corrected chi connectivity index (χ3v) is 5.42. The Balaban J connectivity index is 0.00000544. The summed E-state index contributed by atoms with van der Waals surface area (Å²) in [7, 11) is 11.2. The monoisotopic (exact) mass is 570 g/mol. The predicted molar refractivity (Wildman–Crippen MR) is 147 cm³/mol. The molecule has 0 aliphatic rings. The Labute approximate surface area is 216 Å². The van der Waals surface area contributed by atoms with Gasteiger partial charge in [-0.1, -0.05) is 24.3 Å². The number of ether oxygens (including phenoxy) is 3. The van der Waals surface area contributed by atoms with Crippen molar-refractivity contribution in [2.24, 2.45) is 4.99 Å². The summed E-state index contributed by atoms with van der Waals surface area (Å²) in [4.78, 5) is 9.29. The van der Waals surface area contributed by atoms with Gasteiger partial charge in [0.15, 0.2) is 17.5 Å². The highest BCUT2D eigenvalue weighted by molar-refractivity contribution is 14.0. The van der Waals surface area contributed by atoms with Crippen LogP contribution in [0.5, 0.6) is 17.2 Å². The molecule has 0 bridgehead atoms. The van der Waals surface area contributed by atoms with Gasteiger partial charge in [0.25, 0.3) is 0 Å². The molecule has 0 fully saturated rings. The number of aliphatic imine (C=N–C) groups is 1. The third-order valence-electron chi connectivity index (χ3n) is 5.42. The SMILES string of the molecule is CCNC(=NCC(c1ccccc1OC)N(C)C)N(C)CCc1ccc(OC)c(OC)c1.I. The maximum Gasteiger partial charge on any atom is 0.193 e. The van der Waals surface area contributed by atoms with Gasteiger partial charge in [-0.15, -0.1) is 24.0 Å². The maximum absolute atomic E-state index is 5.58. The fourth-order valence-corrected chi connectivity index (χ4v) is 3.56. The lowest BCUT2D eigenvalue weighted by Crippen LogP contribution is -2.40. The van der Waals surface area contributed by atoms with Gasteiger partial charge in [0.2, 0.25) is 0 Å². The molecule has 0 aliphatic heterocycles. The summed E-state index contributed by atoms with van der Waals surface area (Å²) >= 11 is 0. The number of hydrogen-bond donors (Lipinski definition) is 1. The van der Waals surface area contributed by atoms with Crippen LogP contribution in [0, 0.1) is 0 Å². The van der Waals surface area contributed by atoms with Crippen molar-refractivity contribution >= 4 is 29.9 Å². The van der Waals surface area contributed by atoms with Gasteiger partial charge in [0.05, 0.1) is 33.9 Å². The first-order valence-electron chi connectivity index (χ1n) is 10.9. The average molecular weight is 571 g/mol. The Bertz CT molecular complexity index is 876. The predicted octanol–water partition coefficient (Wildman–Crippen LogP) is 4.07. The Morgan fingerprint density at radius 3 is 2.21 bits per heavy atom. The summed E-state index contributed by atoms with van der Waals surface area (Å²) in [5.74, 6) is 3.26. The Morgan fingerprint density at radius 2 is 1.61 bits per heavy atom. The molecular formula is C25H39IN4O3. The number of halogens is 1. The van der Waals surface area contributed by atoms with Gasteiger partial charge < -0.3 is 29.3 Å². The van der Waals surface area contributed by atoms with Crippen LogP contribution in [0.4, 0.5) is 0 Å². The zero-order chi connectivity index (χ0) is 23.5. The summed E-state index contributed by atoms with van der Waals surface area (Å²) in [6.07, 6.45) is 0.866. The highest BCUT2D eigenvalue weighted by Crippen LogP contribution is 2.29. The standard InChI is InChI=1S/C25H38N4O3.HI/c1-8-26-25(27-18-21(28(2)3)20-11-9-10-12-22(20)30-5)29(4)16-15-19-13-14-23(31-6)24(17-19)32-7;/h9-14,17,21H,8,15-16,18H2,1-7H3,(H,26,27);1H. The normalized spacial score (nSPS) is 12.1. The second-order valence-corrected chi connectivity index (χ2v) is 7.78. The highest BCUT2D eigenvalue weighted by atomic mass is 127. The number of hydrogen-bond acceptors (Lipinski definition) is 5. The van der Waals surface area contributed by atoms with Crippen molar-refractivity contribution in [3.8, 4) is 17.2 Å². The van der Waals surface area contributed by atoms with Crippen LogP contribution in [0.1, 0.15) is 24.1 Å². The van der Waals surface area contributed by atoms with E-state index in [1.165, 1.54) is 5.56 Å². The number of nitrogens with zero attached hydrogens (tertiary/aromatic N) is 3. The van der Waals surface area contributed by atoms with Crippen molar-refractivity contribution in [2.75, 3.05) is 62.1 Å². The van der Waals surface area contributed by atoms with Crippen molar-refractivity contribution < 1.29 is 14.2 Å². The minimum atomic E-state index is 0. The number of guanidine groups is 1. The van der Waals surface area contributed by atoms with Crippen LogP contribution in [0.25, 0.3) is 0 Å². The fraction of sp³-hybridized carbons (Fsp3) is 0.480. The van der Waals surface area contributed by atoms with Gasteiger partial charge in [-0.3, -0.25) is 4.99 Å². The Morgan fingerprint density at radius 1 is 0.939 bits per heavy atom. The molecule has 0 saturated carbocycles. The van der Waals surface area contributed by atoms with E-state index in [1.54, 1.807) is 21.3 Å². The van der Waals surface area contributed by atoms with Crippen molar-refractivity contribution in [2.45, 2.75) is 19.4 Å². The molecule has 0 amide bonds. The smallest absolute Gasteiger partial charge is 0.193 e. The molecule has 2 aromatic carbocycles. The molecule has 1 unspecified atom stereocenters. The van der Waals surface area contributed by atoms with E-state index >= 15 is 0 Å². The molecule has 2 rings (SSSR count). The summed E-state index contributed by atoms with van der Waals surface area (Å²) in [6.45, 7) is 4.33. The van der Waals surface area contributed by atoms with E-state index in [4.69, 9.17) is 19.2 Å². The van der Waals surface area contributed by atoms with Gasteiger partial charge >= 0.3 is 0 Å². The molecule has 1 atom stereocenters. The first-order valence-corrected chi connectivity index (χ1v) is 10.9. The third kappa shape index (κ3) is 8.26. The summed E-state index contributed by atoms with van der Waals surface area (Å²) in [5.41, 5.74) is 2.32. The lowest BCUT2D eigenvalue weighted by Gasteiger charge is -2.27. The van der Waals surface area contributed by atoms with E-state index in [0.29, 0.717) is 6.54 Å². The number of methoxy groups -OCH3 is 3. The van der Waals surface area contributed by atoms with E-state index in [1.807, 2.05) is 30.3 Å². The average Bonchev–Trinajstić information content (AvgIpc) is 2.81. The van der Waals surface area contributed by atoms with Crippen LogP contribution in [-0.4, -0.2) is 77.9 Å². The molecule has 184 valence electrons. The molecule has 0 saturated heterocycles. The topological polar surface area (TPSA) is 58.6 Å². The minimum Gasteiger partial charge on any atom is -0.496 e. The molecule has 2 aromatic rings. The zero-order valence-corrected chi connectivity index (χ0v) is 23.3. The largest absolute Gasteiger partial charge is 0.496 e. The van der Waals surface area contributed by atoms with E-state index < -0.39 is 0 Å². The summed E-state index contributed by atoms with van der Waals surface area (Å²) < 4.78 is 16.3. The highest BCUT2D eigenvalue weighted by Gasteiger charge is 2.18. The molecule has 1 N–H and O–H groups in total. The quantitative estimate of drug-likeness (QED) is 0.250. The van der Waals surface area contributed by atoms with Crippen LogP contribution in [0.3, 0.4) is 0 Å². The number of benzene rings is 2. The maximum atomic E-state index is 5.58. The van der Waals surface area contributed by atoms with Gasteiger partial charge in [-0.05, 0) is 51.2 Å². The van der Waals surface area contributed by atoms with Gasteiger partial charge in [0, 0.05) is 25.7 Å². The van der Waals surface area contributed by atoms with Crippen LogP contribution in [0.2, 0.25) is 0 Å². The second kappa shape index (κ2) is 14.8. The van der Waals surface area contributed by atoms with E-state index in [-0.39, 0.29) is 30.0 Å². The van der Waals surface area contributed by atoms with E-state index in [2.05, 4.69) is 55.3 Å². The van der Waals surface area contributed by atoms with Crippen molar-refractivity contribution in [1.82, 2.24) is 15.1 Å². The molecular weight excluding hydrogens is 531 g/mol. The number of nitrogens with one attached hydrogen (secondary N) is 1. The molecule has 0 aliphatic carbocycles. The van der Waals surface area contributed by atoms with Crippen molar-refractivity contribution in [3.05, 3.63) is 53.6 Å². The van der Waals surface area contributed by atoms with Crippen LogP contribution in [0.15, 0.2) is 47.5 Å². The first-order chi connectivity index (χ1) is 15.4. The van der Waals surface area contributed by atoms with Crippen molar-refractivity contribution in [1.29, 1.82) is 0 Å². The zero-order valence-electron chi connectivity index (χ0n) is 20.9. The molecule has 8 heteroatoms. The number of likely N-dealkylation sites (N-methyl/N-ethyl adjacent to an activating group) is 2. The number of para-hydroxylation sites is 1. The van der Waals surface area contributed by atoms with Gasteiger partial charge in [-0.2, -0.15) is 0 Å². The Kier molecular flexibility index (Phi) is 13.0. The molecule has 0 spiro atoms. The lowest BCUT2D eigenvalue weighted by atomic mass is 10.0. The van der Waals surface area contributed by atoms with Crippen LogP contribution < -0.4 is 19.5 Å². The lowest BCUT2D eigenvalue weighted by molar-refractivity contribution is 0.294. The molecule has 0 aromatic heterocycles. The fourth-order valence-electron chi connectivity index (χ4n) is 3.56. The summed E-state index contributed by atoms with van der Waals surface area (Å²) in [6, 6.07) is 14.3. The number of rotatable bonds is 11. The minimum absolute atomic E-state index is 0. The van der Waals surface area contributed by atoms with Gasteiger partial charge in [0.1, 0.15) is 5.75 Å². The molecule has 7 nitrogen and oxygen atoms in total. The molecule has 0 radical (unpaired) electrons. The van der Waals surface area contributed by atoms with E-state index in [9.17, 15) is 0 Å². The molecule has 33 heavy (non-hydrogen) atoms. The van der Waals surface area contributed by atoms with Gasteiger partial charge in [-0.25, -0.2) is 0 Å². The van der Waals surface area contributed by atoms with Crippen LogP contribution in [-0.2, 0) is 6.42 Å².